The highest BCUT2D eigenvalue weighted by Crippen LogP contribution is 2.31. The van der Waals surface area contributed by atoms with Crippen LogP contribution < -0.4 is 10.1 Å². The van der Waals surface area contributed by atoms with E-state index in [0.717, 1.165) is 33.2 Å². The Labute approximate surface area is 226 Å². The molecule has 0 saturated carbocycles. The highest BCUT2D eigenvalue weighted by molar-refractivity contribution is 6.06. The molecule has 7 heteroatoms. The van der Waals surface area contributed by atoms with Gasteiger partial charge < -0.3 is 19.6 Å². The minimum absolute atomic E-state index is 0.0749. The fourth-order valence-electron chi connectivity index (χ4n) is 4.37. The Balaban J connectivity index is 1.26. The molecular weight excluding hydrogens is 492 g/mol. The lowest BCUT2D eigenvalue weighted by atomic mass is 10.0. The standard InChI is InChI=1S/C32H28N2O5/c1-3-21(32(36)37)19-38-29-16-12-25(18-33-29)23-9-13-26(14-10-23)34-31(35)30-20(2)27-17-24(11-15-28(27)39-30)22-7-5-4-6-8-22/h4-18,21H,3,19H2,1-2H3,(H,34,35)(H,36,37). The number of benzene rings is 3. The molecule has 7 nitrogen and oxygen atoms in total. The number of amides is 1. The van der Waals surface area contributed by atoms with Gasteiger partial charge in [-0.3, -0.25) is 9.59 Å². The second-order valence-electron chi connectivity index (χ2n) is 9.30. The molecule has 1 atom stereocenters. The summed E-state index contributed by atoms with van der Waals surface area (Å²) in [5.74, 6) is -1.10. The SMILES string of the molecule is CCC(COc1ccc(-c2ccc(NC(=O)c3oc4ccc(-c5ccccc5)cc4c3C)cc2)cn1)C(=O)O. The Morgan fingerprint density at radius 1 is 0.923 bits per heavy atom. The number of hydrogen-bond acceptors (Lipinski definition) is 5. The van der Waals surface area contributed by atoms with Crippen LogP contribution in [-0.4, -0.2) is 28.6 Å². The van der Waals surface area contributed by atoms with Crippen molar-refractivity contribution < 1.29 is 23.8 Å². The summed E-state index contributed by atoms with van der Waals surface area (Å²) < 4.78 is 11.4. The van der Waals surface area contributed by atoms with Gasteiger partial charge in [-0.1, -0.05) is 55.5 Å². The Morgan fingerprint density at radius 3 is 2.28 bits per heavy atom. The van der Waals surface area contributed by atoms with Gasteiger partial charge in [-0.05, 0) is 60.4 Å². The first-order valence-corrected chi connectivity index (χ1v) is 12.7. The normalized spacial score (nSPS) is 11.7. The molecule has 2 heterocycles. The third-order valence-electron chi connectivity index (χ3n) is 6.74. The first kappa shape index (κ1) is 25.7. The molecule has 0 aliphatic rings. The smallest absolute Gasteiger partial charge is 0.309 e. The quantitative estimate of drug-likeness (QED) is 0.213. The van der Waals surface area contributed by atoms with Gasteiger partial charge in [-0.15, -0.1) is 0 Å². The molecule has 1 amide bonds. The van der Waals surface area contributed by atoms with E-state index < -0.39 is 11.9 Å². The minimum atomic E-state index is -0.881. The number of aryl methyl sites for hydroxylation is 1. The largest absolute Gasteiger partial charge is 0.481 e. The van der Waals surface area contributed by atoms with Crippen molar-refractivity contribution in [1.29, 1.82) is 0 Å². The number of aliphatic carboxylic acids is 1. The number of carbonyl (C=O) groups is 2. The van der Waals surface area contributed by atoms with Crippen LogP contribution >= 0.6 is 0 Å². The van der Waals surface area contributed by atoms with Crippen molar-refractivity contribution in [3.8, 4) is 28.1 Å². The van der Waals surface area contributed by atoms with Gasteiger partial charge in [0.25, 0.3) is 5.91 Å². The van der Waals surface area contributed by atoms with Gasteiger partial charge in [0.1, 0.15) is 12.2 Å². The molecular formula is C32H28N2O5. The summed E-state index contributed by atoms with van der Waals surface area (Å²) in [6.07, 6.45) is 2.16. The lowest BCUT2D eigenvalue weighted by Crippen LogP contribution is -2.20. The van der Waals surface area contributed by atoms with Crippen molar-refractivity contribution in [2.75, 3.05) is 11.9 Å². The van der Waals surface area contributed by atoms with E-state index in [4.69, 9.17) is 14.3 Å². The predicted molar refractivity (Wildman–Crippen MR) is 151 cm³/mol. The Morgan fingerprint density at radius 2 is 1.62 bits per heavy atom. The number of pyridine rings is 1. The number of nitrogens with zero attached hydrogens (tertiary/aromatic N) is 1. The summed E-state index contributed by atoms with van der Waals surface area (Å²) >= 11 is 0. The lowest BCUT2D eigenvalue weighted by molar-refractivity contribution is -0.142. The zero-order valence-corrected chi connectivity index (χ0v) is 21.7. The maximum Gasteiger partial charge on any atom is 0.309 e. The van der Waals surface area contributed by atoms with E-state index in [1.54, 1.807) is 12.3 Å². The average molecular weight is 521 g/mol. The molecule has 0 bridgehead atoms. The summed E-state index contributed by atoms with van der Waals surface area (Å²) in [7, 11) is 0. The number of carboxylic acids is 1. The molecule has 196 valence electrons. The summed E-state index contributed by atoms with van der Waals surface area (Å²) in [5, 5.41) is 13.0. The lowest BCUT2D eigenvalue weighted by Gasteiger charge is -2.11. The molecule has 0 fully saturated rings. The van der Waals surface area contributed by atoms with Crippen molar-refractivity contribution in [2.24, 2.45) is 5.92 Å². The van der Waals surface area contributed by atoms with E-state index in [1.807, 2.05) is 80.6 Å². The molecule has 0 aliphatic heterocycles. The van der Waals surface area contributed by atoms with Crippen LogP contribution in [0.4, 0.5) is 5.69 Å². The molecule has 0 saturated heterocycles. The van der Waals surface area contributed by atoms with Crippen molar-refractivity contribution in [3.05, 3.63) is 102 Å². The Kier molecular flexibility index (Phi) is 7.41. The van der Waals surface area contributed by atoms with Gasteiger partial charge in [0.05, 0.1) is 5.92 Å². The first-order valence-electron chi connectivity index (χ1n) is 12.7. The highest BCUT2D eigenvalue weighted by atomic mass is 16.5. The van der Waals surface area contributed by atoms with Gasteiger partial charge in [0.15, 0.2) is 5.76 Å². The van der Waals surface area contributed by atoms with E-state index in [-0.39, 0.29) is 18.3 Å². The van der Waals surface area contributed by atoms with Crippen molar-refractivity contribution in [1.82, 2.24) is 4.98 Å². The van der Waals surface area contributed by atoms with Gasteiger partial charge in [0.2, 0.25) is 5.88 Å². The van der Waals surface area contributed by atoms with E-state index in [1.165, 1.54) is 0 Å². The molecule has 2 N–H and O–H groups in total. The van der Waals surface area contributed by atoms with Crippen LogP contribution in [0.15, 0.2) is 95.5 Å². The number of nitrogens with one attached hydrogen (secondary N) is 1. The Hall–Kier alpha value is -4.91. The zero-order chi connectivity index (χ0) is 27.4. The third kappa shape index (κ3) is 5.67. The number of ether oxygens (including phenoxy) is 1. The van der Waals surface area contributed by atoms with E-state index in [9.17, 15) is 9.59 Å². The van der Waals surface area contributed by atoms with Crippen LogP contribution in [0.25, 0.3) is 33.2 Å². The number of aromatic nitrogens is 1. The number of furan rings is 1. The van der Waals surface area contributed by atoms with Gasteiger partial charge in [0, 0.05) is 34.5 Å². The van der Waals surface area contributed by atoms with E-state index in [0.29, 0.717) is 23.6 Å². The summed E-state index contributed by atoms with van der Waals surface area (Å²) in [4.78, 5) is 28.5. The van der Waals surface area contributed by atoms with Crippen LogP contribution in [0.3, 0.4) is 0 Å². The number of fused-ring (bicyclic) bond motifs is 1. The maximum atomic E-state index is 13.1. The molecule has 0 aliphatic carbocycles. The predicted octanol–water partition coefficient (Wildman–Crippen LogP) is 7.21. The van der Waals surface area contributed by atoms with Crippen LogP contribution in [0.5, 0.6) is 5.88 Å². The second kappa shape index (κ2) is 11.2. The van der Waals surface area contributed by atoms with Crippen LogP contribution in [0.2, 0.25) is 0 Å². The summed E-state index contributed by atoms with van der Waals surface area (Å²) in [6.45, 7) is 3.78. The second-order valence-corrected chi connectivity index (χ2v) is 9.30. The maximum absolute atomic E-state index is 13.1. The Bertz CT molecular complexity index is 1610. The zero-order valence-electron chi connectivity index (χ0n) is 21.7. The minimum Gasteiger partial charge on any atom is -0.481 e. The third-order valence-corrected chi connectivity index (χ3v) is 6.74. The number of carbonyl (C=O) groups excluding carboxylic acids is 1. The van der Waals surface area contributed by atoms with Crippen LogP contribution in [0.1, 0.15) is 29.5 Å². The van der Waals surface area contributed by atoms with Gasteiger partial charge >= 0.3 is 5.97 Å². The molecule has 3 aromatic carbocycles. The summed E-state index contributed by atoms with van der Waals surface area (Å²) in [5.41, 5.74) is 6.05. The van der Waals surface area contributed by atoms with Gasteiger partial charge in [-0.25, -0.2) is 4.98 Å². The average Bonchev–Trinajstić information content (AvgIpc) is 3.30. The van der Waals surface area contributed by atoms with E-state index in [2.05, 4.69) is 22.4 Å². The number of hydrogen-bond donors (Lipinski definition) is 2. The molecule has 2 aromatic heterocycles. The molecule has 5 rings (SSSR count). The van der Waals surface area contributed by atoms with Crippen LogP contribution in [0, 0.1) is 12.8 Å². The molecule has 1 unspecified atom stereocenters. The van der Waals surface area contributed by atoms with Crippen molar-refractivity contribution >= 4 is 28.5 Å². The van der Waals surface area contributed by atoms with E-state index >= 15 is 0 Å². The first-order chi connectivity index (χ1) is 18.9. The fraction of sp³-hybridized carbons (Fsp3) is 0.156. The molecule has 5 aromatic rings. The monoisotopic (exact) mass is 520 g/mol. The topological polar surface area (TPSA) is 102 Å². The number of rotatable bonds is 9. The molecule has 0 radical (unpaired) electrons. The number of anilines is 1. The molecule has 39 heavy (non-hydrogen) atoms. The molecule has 0 spiro atoms. The fourth-order valence-corrected chi connectivity index (χ4v) is 4.37. The van der Waals surface area contributed by atoms with Crippen LogP contribution in [-0.2, 0) is 4.79 Å². The van der Waals surface area contributed by atoms with Crippen molar-refractivity contribution in [3.63, 3.8) is 0 Å². The van der Waals surface area contributed by atoms with Gasteiger partial charge in [-0.2, -0.15) is 0 Å². The highest BCUT2D eigenvalue weighted by Gasteiger charge is 2.19. The summed E-state index contributed by atoms with van der Waals surface area (Å²) in [6, 6.07) is 27.0. The number of carboxylic acid groups (broad SMARTS) is 1. The van der Waals surface area contributed by atoms with Crippen molar-refractivity contribution in [2.45, 2.75) is 20.3 Å².